The lowest BCUT2D eigenvalue weighted by molar-refractivity contribution is -0.148. The minimum Gasteiger partial charge on any atom is -0.456 e. The second-order valence-electron chi connectivity index (χ2n) is 6.18. The molecular formula is C18H22ClN3O5. The van der Waals surface area contributed by atoms with Crippen molar-refractivity contribution in [3.63, 3.8) is 0 Å². The molecule has 0 saturated carbocycles. The summed E-state index contributed by atoms with van der Waals surface area (Å²) >= 11 is 5.89. The first-order valence-corrected chi connectivity index (χ1v) is 8.97. The van der Waals surface area contributed by atoms with E-state index < -0.39 is 11.9 Å². The standard InChI is InChI=1S/C18H22ClN3O5/c1-21-11-16(24)22(18(21)26)9-3-6-17(25)27-12-15(23)20-8-7-13-4-2-5-14(19)10-13/h2,4-5,10H,3,6-9,11-12H2,1H3,(H,20,23). The third-order valence-corrected chi connectivity index (χ3v) is 4.22. The first-order chi connectivity index (χ1) is 12.9. The Morgan fingerprint density at radius 2 is 2.07 bits per heavy atom. The number of esters is 1. The maximum absolute atomic E-state index is 11.7. The molecule has 0 radical (unpaired) electrons. The van der Waals surface area contributed by atoms with E-state index in [1.165, 1.54) is 4.90 Å². The highest BCUT2D eigenvalue weighted by Crippen LogP contribution is 2.11. The molecule has 146 valence electrons. The number of ether oxygens (including phenoxy) is 1. The number of imide groups is 1. The maximum atomic E-state index is 11.7. The van der Waals surface area contributed by atoms with E-state index in [0.29, 0.717) is 24.4 Å². The Balaban J connectivity index is 1.57. The van der Waals surface area contributed by atoms with Gasteiger partial charge in [0, 0.05) is 31.6 Å². The van der Waals surface area contributed by atoms with Crippen LogP contribution in [0.25, 0.3) is 0 Å². The quantitative estimate of drug-likeness (QED) is 0.501. The number of likely N-dealkylation sites (N-methyl/N-ethyl adjacent to an activating group) is 1. The molecule has 8 nitrogen and oxygen atoms in total. The average molecular weight is 396 g/mol. The van der Waals surface area contributed by atoms with E-state index in [1.54, 1.807) is 13.1 Å². The number of hydrogen-bond acceptors (Lipinski definition) is 5. The van der Waals surface area contributed by atoms with Crippen molar-refractivity contribution in [1.29, 1.82) is 0 Å². The number of rotatable bonds is 9. The van der Waals surface area contributed by atoms with Crippen LogP contribution in [0.1, 0.15) is 18.4 Å². The van der Waals surface area contributed by atoms with Crippen LogP contribution in [0.3, 0.4) is 0 Å². The van der Waals surface area contributed by atoms with Crippen LogP contribution in [0.5, 0.6) is 0 Å². The Bertz CT molecular complexity index is 725. The highest BCUT2D eigenvalue weighted by Gasteiger charge is 2.32. The highest BCUT2D eigenvalue weighted by molar-refractivity contribution is 6.30. The topological polar surface area (TPSA) is 96.0 Å². The normalized spacial score (nSPS) is 13.9. The van der Waals surface area contributed by atoms with Gasteiger partial charge in [0.2, 0.25) is 5.91 Å². The molecule has 1 aliphatic rings. The van der Waals surface area contributed by atoms with Crippen molar-refractivity contribution in [2.75, 3.05) is 33.3 Å². The Kier molecular flexibility index (Phi) is 7.60. The molecule has 1 fully saturated rings. The smallest absolute Gasteiger partial charge is 0.326 e. The average Bonchev–Trinajstić information content (AvgIpc) is 2.86. The molecule has 0 atom stereocenters. The van der Waals surface area contributed by atoms with Crippen LogP contribution < -0.4 is 5.32 Å². The van der Waals surface area contributed by atoms with Gasteiger partial charge in [0.25, 0.3) is 5.91 Å². The lowest BCUT2D eigenvalue weighted by Crippen LogP contribution is -2.33. The van der Waals surface area contributed by atoms with E-state index in [2.05, 4.69) is 5.32 Å². The summed E-state index contributed by atoms with van der Waals surface area (Å²) < 4.78 is 4.89. The van der Waals surface area contributed by atoms with Gasteiger partial charge in [0.05, 0.1) is 0 Å². The number of amides is 4. The molecular weight excluding hydrogens is 374 g/mol. The number of nitrogens with zero attached hydrogens (tertiary/aromatic N) is 2. The van der Waals surface area contributed by atoms with Crippen LogP contribution in [0.15, 0.2) is 24.3 Å². The third-order valence-electron chi connectivity index (χ3n) is 3.98. The SMILES string of the molecule is CN1CC(=O)N(CCCC(=O)OCC(=O)NCCc2cccc(Cl)c2)C1=O. The zero-order chi connectivity index (χ0) is 19.8. The van der Waals surface area contributed by atoms with Gasteiger partial charge in [-0.2, -0.15) is 0 Å². The predicted molar refractivity (Wildman–Crippen MR) is 98.1 cm³/mol. The van der Waals surface area contributed by atoms with E-state index in [9.17, 15) is 19.2 Å². The molecule has 1 aliphatic heterocycles. The Hall–Kier alpha value is -2.61. The molecule has 1 N–H and O–H groups in total. The van der Waals surface area contributed by atoms with Gasteiger partial charge >= 0.3 is 12.0 Å². The molecule has 2 rings (SSSR count). The van der Waals surface area contributed by atoms with Crippen LogP contribution in [-0.2, 0) is 25.5 Å². The molecule has 0 aromatic heterocycles. The van der Waals surface area contributed by atoms with Crippen molar-refractivity contribution < 1.29 is 23.9 Å². The lowest BCUT2D eigenvalue weighted by atomic mass is 10.1. The van der Waals surface area contributed by atoms with E-state index in [4.69, 9.17) is 16.3 Å². The van der Waals surface area contributed by atoms with Gasteiger partial charge in [-0.25, -0.2) is 4.79 Å². The van der Waals surface area contributed by atoms with Crippen LogP contribution in [0, 0.1) is 0 Å². The highest BCUT2D eigenvalue weighted by atomic mass is 35.5. The number of hydrogen-bond donors (Lipinski definition) is 1. The van der Waals surface area contributed by atoms with Gasteiger partial charge in [-0.3, -0.25) is 19.3 Å². The zero-order valence-electron chi connectivity index (χ0n) is 15.1. The summed E-state index contributed by atoms with van der Waals surface area (Å²) in [5.41, 5.74) is 0.997. The summed E-state index contributed by atoms with van der Waals surface area (Å²) in [6, 6.07) is 6.97. The molecule has 0 aliphatic carbocycles. The van der Waals surface area contributed by atoms with Crippen molar-refractivity contribution >= 4 is 35.4 Å². The van der Waals surface area contributed by atoms with Gasteiger partial charge < -0.3 is 15.0 Å². The van der Waals surface area contributed by atoms with Gasteiger partial charge in [0.1, 0.15) is 6.54 Å². The Labute approximate surface area is 162 Å². The molecule has 1 aromatic carbocycles. The van der Waals surface area contributed by atoms with Gasteiger partial charge in [0.15, 0.2) is 6.61 Å². The molecule has 27 heavy (non-hydrogen) atoms. The molecule has 1 saturated heterocycles. The van der Waals surface area contributed by atoms with E-state index in [0.717, 1.165) is 10.5 Å². The fraction of sp³-hybridized carbons (Fsp3) is 0.444. The Morgan fingerprint density at radius 3 is 2.74 bits per heavy atom. The number of benzene rings is 1. The van der Waals surface area contributed by atoms with Gasteiger partial charge in [-0.15, -0.1) is 0 Å². The van der Waals surface area contributed by atoms with E-state index in [-0.39, 0.29) is 38.1 Å². The molecule has 0 bridgehead atoms. The van der Waals surface area contributed by atoms with Gasteiger partial charge in [-0.1, -0.05) is 23.7 Å². The van der Waals surface area contributed by atoms with Gasteiger partial charge in [-0.05, 0) is 30.5 Å². The second-order valence-corrected chi connectivity index (χ2v) is 6.61. The van der Waals surface area contributed by atoms with E-state index in [1.807, 2.05) is 18.2 Å². The van der Waals surface area contributed by atoms with Crippen LogP contribution in [0.2, 0.25) is 5.02 Å². The minimum atomic E-state index is -0.549. The number of carbonyl (C=O) groups excluding carboxylic acids is 4. The van der Waals surface area contributed by atoms with Crippen molar-refractivity contribution in [2.45, 2.75) is 19.3 Å². The fourth-order valence-electron chi connectivity index (χ4n) is 2.58. The summed E-state index contributed by atoms with van der Waals surface area (Å²) in [5, 5.41) is 3.30. The van der Waals surface area contributed by atoms with Crippen LogP contribution >= 0.6 is 11.6 Å². The summed E-state index contributed by atoms with van der Waals surface area (Å²) in [6.07, 6.45) is 0.934. The monoisotopic (exact) mass is 395 g/mol. The first-order valence-electron chi connectivity index (χ1n) is 8.59. The van der Waals surface area contributed by atoms with Crippen molar-refractivity contribution in [3.05, 3.63) is 34.9 Å². The second kappa shape index (κ2) is 9.91. The molecule has 1 aromatic rings. The van der Waals surface area contributed by atoms with E-state index >= 15 is 0 Å². The van der Waals surface area contributed by atoms with Crippen LogP contribution in [-0.4, -0.2) is 66.9 Å². The van der Waals surface area contributed by atoms with Crippen molar-refractivity contribution in [1.82, 2.24) is 15.1 Å². The zero-order valence-corrected chi connectivity index (χ0v) is 15.8. The predicted octanol–water partition coefficient (Wildman–Crippen LogP) is 1.22. The number of carbonyl (C=O) groups is 4. The fourth-order valence-corrected chi connectivity index (χ4v) is 2.79. The molecule has 0 spiro atoms. The number of halogens is 1. The third kappa shape index (κ3) is 6.56. The summed E-state index contributed by atoms with van der Waals surface area (Å²) in [4.78, 5) is 49.1. The van der Waals surface area contributed by atoms with Crippen molar-refractivity contribution in [3.8, 4) is 0 Å². The number of urea groups is 1. The molecule has 1 heterocycles. The maximum Gasteiger partial charge on any atom is 0.326 e. The first kappa shape index (κ1) is 20.7. The largest absolute Gasteiger partial charge is 0.456 e. The minimum absolute atomic E-state index is 0.0244. The van der Waals surface area contributed by atoms with Crippen molar-refractivity contribution in [2.24, 2.45) is 0 Å². The number of nitrogens with one attached hydrogen (secondary N) is 1. The summed E-state index contributed by atoms with van der Waals surface area (Å²) in [7, 11) is 1.54. The Morgan fingerprint density at radius 1 is 1.30 bits per heavy atom. The summed E-state index contributed by atoms with van der Waals surface area (Å²) in [6.45, 7) is 0.254. The molecule has 0 unspecified atom stereocenters. The summed E-state index contributed by atoms with van der Waals surface area (Å²) in [5.74, 6) is -1.22. The lowest BCUT2D eigenvalue weighted by Gasteiger charge is -2.13. The molecule has 9 heteroatoms. The van der Waals surface area contributed by atoms with Crippen LogP contribution in [0.4, 0.5) is 4.79 Å². The molecule has 4 amide bonds.